The predicted octanol–water partition coefficient (Wildman–Crippen LogP) is 1.38. The number of amides is 3. The van der Waals surface area contributed by atoms with E-state index in [0.717, 1.165) is 0 Å². The molecule has 0 aliphatic carbocycles. The van der Waals surface area contributed by atoms with Crippen LogP contribution in [-0.2, 0) is 0 Å². The van der Waals surface area contributed by atoms with Crippen molar-refractivity contribution in [1.82, 2.24) is 10.3 Å². The van der Waals surface area contributed by atoms with E-state index < -0.39 is 0 Å². The van der Waals surface area contributed by atoms with Gasteiger partial charge in [0.25, 0.3) is 5.91 Å². The summed E-state index contributed by atoms with van der Waals surface area (Å²) in [5, 5.41) is 7.70. The van der Waals surface area contributed by atoms with Gasteiger partial charge >= 0.3 is 6.03 Å². The van der Waals surface area contributed by atoms with Crippen molar-refractivity contribution in [3.63, 3.8) is 0 Å². The fourth-order valence-electron chi connectivity index (χ4n) is 1.62. The zero-order chi connectivity index (χ0) is 15.2. The second-order valence-electron chi connectivity index (χ2n) is 4.18. The summed E-state index contributed by atoms with van der Waals surface area (Å²) in [5.74, 6) is -0.381. The van der Waals surface area contributed by atoms with Crippen LogP contribution < -0.4 is 21.5 Å². The molecule has 0 spiro atoms. The van der Waals surface area contributed by atoms with E-state index in [0.29, 0.717) is 11.4 Å². The molecule has 7 heteroatoms. The van der Waals surface area contributed by atoms with Crippen molar-refractivity contribution < 1.29 is 9.59 Å². The van der Waals surface area contributed by atoms with Gasteiger partial charge in [-0.2, -0.15) is 0 Å². The van der Waals surface area contributed by atoms with E-state index in [2.05, 4.69) is 20.9 Å². The first-order valence-corrected chi connectivity index (χ1v) is 6.17. The standard InChI is InChI=1S/C14H14N4O3/c1-15-14(21)18-11-4-2-10(3-5-11)17-13(20)9-6-7-16-12(19)8-9/h2-8H,1H3,(H,16,19)(H,17,20)(H2,15,18,21). The Bertz CT molecular complexity index is 707. The Labute approximate surface area is 120 Å². The van der Waals surface area contributed by atoms with Gasteiger partial charge in [-0.05, 0) is 30.3 Å². The molecule has 0 saturated heterocycles. The van der Waals surface area contributed by atoms with Crippen molar-refractivity contribution in [3.05, 3.63) is 58.5 Å². The van der Waals surface area contributed by atoms with Gasteiger partial charge in [0.2, 0.25) is 5.56 Å². The summed E-state index contributed by atoms with van der Waals surface area (Å²) in [6.07, 6.45) is 1.41. The van der Waals surface area contributed by atoms with Crippen LogP contribution in [0.15, 0.2) is 47.4 Å². The van der Waals surface area contributed by atoms with Gasteiger partial charge in [0, 0.05) is 36.2 Å². The van der Waals surface area contributed by atoms with E-state index >= 15 is 0 Å². The molecule has 0 unspecified atom stereocenters. The molecule has 3 amide bonds. The minimum atomic E-state index is -0.381. The molecule has 1 aromatic heterocycles. The zero-order valence-electron chi connectivity index (χ0n) is 11.3. The van der Waals surface area contributed by atoms with Crippen molar-refractivity contribution in [1.29, 1.82) is 0 Å². The highest BCUT2D eigenvalue weighted by Gasteiger charge is 2.06. The van der Waals surface area contributed by atoms with E-state index in [9.17, 15) is 14.4 Å². The Morgan fingerprint density at radius 1 is 1.00 bits per heavy atom. The largest absolute Gasteiger partial charge is 0.341 e. The molecule has 2 rings (SSSR count). The van der Waals surface area contributed by atoms with Crippen LogP contribution >= 0.6 is 0 Å². The minimum absolute atomic E-state index is 0.270. The lowest BCUT2D eigenvalue weighted by Crippen LogP contribution is -2.24. The van der Waals surface area contributed by atoms with Crippen LogP contribution in [0.25, 0.3) is 0 Å². The van der Waals surface area contributed by atoms with Gasteiger partial charge in [-0.15, -0.1) is 0 Å². The molecule has 0 aliphatic heterocycles. The maximum atomic E-state index is 11.9. The number of H-pyrrole nitrogens is 1. The van der Waals surface area contributed by atoms with Gasteiger partial charge in [0.1, 0.15) is 0 Å². The van der Waals surface area contributed by atoms with Crippen molar-refractivity contribution in [2.75, 3.05) is 17.7 Å². The number of aromatic nitrogens is 1. The van der Waals surface area contributed by atoms with Crippen LogP contribution in [0, 0.1) is 0 Å². The lowest BCUT2D eigenvalue weighted by atomic mass is 10.2. The first kappa shape index (κ1) is 14.3. The number of carbonyl (C=O) groups is 2. The Morgan fingerprint density at radius 3 is 2.19 bits per heavy atom. The highest BCUT2D eigenvalue weighted by molar-refractivity contribution is 6.04. The Kier molecular flexibility index (Phi) is 4.35. The Morgan fingerprint density at radius 2 is 1.62 bits per heavy atom. The first-order valence-electron chi connectivity index (χ1n) is 6.17. The molecule has 0 fully saturated rings. The minimum Gasteiger partial charge on any atom is -0.341 e. The smallest absolute Gasteiger partial charge is 0.318 e. The third kappa shape index (κ3) is 3.93. The zero-order valence-corrected chi connectivity index (χ0v) is 11.3. The molecule has 2 aromatic rings. The third-order valence-corrected chi connectivity index (χ3v) is 2.66. The van der Waals surface area contributed by atoms with Gasteiger partial charge in [-0.1, -0.05) is 0 Å². The van der Waals surface area contributed by atoms with Crippen LogP contribution in [0.4, 0.5) is 16.2 Å². The summed E-state index contributed by atoms with van der Waals surface area (Å²) in [4.78, 5) is 36.6. The quantitative estimate of drug-likeness (QED) is 0.685. The van der Waals surface area contributed by atoms with E-state index in [4.69, 9.17) is 0 Å². The second-order valence-corrected chi connectivity index (χ2v) is 4.18. The van der Waals surface area contributed by atoms with Crippen LogP contribution in [-0.4, -0.2) is 24.0 Å². The maximum absolute atomic E-state index is 11.9. The number of aromatic amines is 1. The summed E-state index contributed by atoms with van der Waals surface area (Å²) in [6, 6.07) is 9.02. The predicted molar refractivity (Wildman–Crippen MR) is 79.5 cm³/mol. The molecule has 1 heterocycles. The highest BCUT2D eigenvalue weighted by atomic mass is 16.2. The normalized spacial score (nSPS) is 9.76. The topological polar surface area (TPSA) is 103 Å². The molecule has 4 N–H and O–H groups in total. The third-order valence-electron chi connectivity index (χ3n) is 2.66. The number of nitrogens with one attached hydrogen (secondary N) is 4. The van der Waals surface area contributed by atoms with Crippen LogP contribution in [0.1, 0.15) is 10.4 Å². The molecule has 21 heavy (non-hydrogen) atoms. The second kappa shape index (κ2) is 6.38. The molecule has 0 saturated carbocycles. The summed E-state index contributed by atoms with van der Waals surface area (Å²) >= 11 is 0. The molecule has 108 valence electrons. The van der Waals surface area contributed by atoms with Gasteiger partial charge in [-0.25, -0.2) is 4.79 Å². The number of urea groups is 1. The first-order chi connectivity index (χ1) is 10.1. The monoisotopic (exact) mass is 286 g/mol. The van der Waals surface area contributed by atoms with Crippen molar-refractivity contribution >= 4 is 23.3 Å². The molecule has 7 nitrogen and oxygen atoms in total. The van der Waals surface area contributed by atoms with Crippen molar-refractivity contribution in [2.24, 2.45) is 0 Å². The van der Waals surface area contributed by atoms with E-state index in [-0.39, 0.29) is 23.1 Å². The van der Waals surface area contributed by atoms with Crippen molar-refractivity contribution in [2.45, 2.75) is 0 Å². The fraction of sp³-hybridized carbons (Fsp3) is 0.0714. The Hall–Kier alpha value is -3.09. The van der Waals surface area contributed by atoms with Crippen LogP contribution in [0.2, 0.25) is 0 Å². The number of rotatable bonds is 3. The van der Waals surface area contributed by atoms with E-state index in [1.54, 1.807) is 24.3 Å². The average Bonchev–Trinajstić information content (AvgIpc) is 2.49. The molecule has 0 radical (unpaired) electrons. The lowest BCUT2D eigenvalue weighted by Gasteiger charge is -2.07. The SMILES string of the molecule is CNC(=O)Nc1ccc(NC(=O)c2cc[nH]c(=O)c2)cc1. The van der Waals surface area contributed by atoms with Gasteiger partial charge in [0.05, 0.1) is 0 Å². The maximum Gasteiger partial charge on any atom is 0.318 e. The van der Waals surface area contributed by atoms with E-state index in [1.165, 1.54) is 25.4 Å². The highest BCUT2D eigenvalue weighted by Crippen LogP contribution is 2.14. The molecular formula is C14H14N4O3. The molecule has 0 atom stereocenters. The Balaban J connectivity index is 2.05. The van der Waals surface area contributed by atoms with Crippen LogP contribution in [0.3, 0.4) is 0 Å². The molecule has 0 bridgehead atoms. The number of pyridine rings is 1. The van der Waals surface area contributed by atoms with Gasteiger partial charge in [-0.3, -0.25) is 9.59 Å². The molecular weight excluding hydrogens is 272 g/mol. The summed E-state index contributed by atoms with van der Waals surface area (Å²) < 4.78 is 0. The summed E-state index contributed by atoms with van der Waals surface area (Å²) in [5.41, 5.74) is 1.09. The molecule has 0 aliphatic rings. The lowest BCUT2D eigenvalue weighted by molar-refractivity contribution is 0.102. The van der Waals surface area contributed by atoms with Crippen molar-refractivity contribution in [3.8, 4) is 0 Å². The number of hydrogen-bond acceptors (Lipinski definition) is 3. The number of hydrogen-bond donors (Lipinski definition) is 4. The number of carbonyl (C=O) groups excluding carboxylic acids is 2. The average molecular weight is 286 g/mol. The summed E-state index contributed by atoms with van der Waals surface area (Å²) in [7, 11) is 1.52. The van der Waals surface area contributed by atoms with Crippen LogP contribution in [0.5, 0.6) is 0 Å². The van der Waals surface area contributed by atoms with Gasteiger partial charge < -0.3 is 20.9 Å². The fourth-order valence-corrected chi connectivity index (χ4v) is 1.62. The van der Waals surface area contributed by atoms with E-state index in [1.807, 2.05) is 0 Å². The number of benzene rings is 1. The number of anilines is 2. The summed E-state index contributed by atoms with van der Waals surface area (Å²) in [6.45, 7) is 0. The van der Waals surface area contributed by atoms with Gasteiger partial charge in [0.15, 0.2) is 0 Å². The molecule has 1 aromatic carbocycles.